The van der Waals surface area contributed by atoms with Crippen molar-refractivity contribution in [2.75, 3.05) is 6.61 Å². The molecule has 1 unspecified atom stereocenters. The lowest BCUT2D eigenvalue weighted by Gasteiger charge is -2.11. The van der Waals surface area contributed by atoms with Gasteiger partial charge in [0.2, 0.25) is 5.91 Å². The van der Waals surface area contributed by atoms with E-state index >= 15 is 0 Å². The number of nitrogens with zero attached hydrogens (tertiary/aromatic N) is 1. The Kier molecular flexibility index (Phi) is 5.51. The number of nitriles is 1. The lowest BCUT2D eigenvalue weighted by Crippen LogP contribution is -2.46. The van der Waals surface area contributed by atoms with Crippen LogP contribution in [0.3, 0.4) is 0 Å². The Bertz CT molecular complexity index is 491. The fraction of sp³-hybridized carbons (Fsp3) is 0.308. The van der Waals surface area contributed by atoms with Crippen molar-refractivity contribution < 1.29 is 14.3 Å². The first kappa shape index (κ1) is 14.7. The van der Waals surface area contributed by atoms with E-state index in [9.17, 15) is 9.59 Å². The van der Waals surface area contributed by atoms with Gasteiger partial charge in [-0.3, -0.25) is 4.79 Å². The Balaban J connectivity index is 2.49. The molecule has 0 aliphatic heterocycles. The van der Waals surface area contributed by atoms with Gasteiger partial charge in [0.15, 0.2) is 6.04 Å². The van der Waals surface area contributed by atoms with E-state index in [-0.39, 0.29) is 13.2 Å². The molecule has 0 saturated carbocycles. The van der Waals surface area contributed by atoms with Crippen LogP contribution in [0.2, 0.25) is 0 Å². The average molecular weight is 261 g/mol. The van der Waals surface area contributed by atoms with Gasteiger partial charge < -0.3 is 15.8 Å². The van der Waals surface area contributed by atoms with Crippen molar-refractivity contribution in [1.29, 1.82) is 5.26 Å². The smallest absolute Gasteiger partial charge is 0.332 e. The van der Waals surface area contributed by atoms with Gasteiger partial charge in [-0.25, -0.2) is 4.79 Å². The van der Waals surface area contributed by atoms with Crippen molar-refractivity contribution in [2.24, 2.45) is 5.73 Å². The highest BCUT2D eigenvalue weighted by atomic mass is 16.5. The lowest BCUT2D eigenvalue weighted by atomic mass is 10.1. The first-order valence-electron chi connectivity index (χ1n) is 5.77. The highest BCUT2D eigenvalue weighted by Crippen LogP contribution is 2.02. The number of carbonyl (C=O) groups excluding carboxylic acids is 2. The van der Waals surface area contributed by atoms with Crippen molar-refractivity contribution in [3.63, 3.8) is 0 Å². The summed E-state index contributed by atoms with van der Waals surface area (Å²) in [6, 6.07) is 7.40. The Hall–Kier alpha value is -2.39. The number of hydrogen-bond acceptors (Lipinski definition) is 5. The number of carbonyl (C=O) groups is 2. The number of amides is 1. The van der Waals surface area contributed by atoms with Crippen LogP contribution in [-0.4, -0.2) is 24.5 Å². The van der Waals surface area contributed by atoms with Crippen LogP contribution >= 0.6 is 0 Å². The Morgan fingerprint density at radius 2 is 2.05 bits per heavy atom. The molecule has 0 aliphatic rings. The molecule has 0 aromatic heterocycles. The summed E-state index contributed by atoms with van der Waals surface area (Å²) < 4.78 is 4.65. The average Bonchev–Trinajstić information content (AvgIpc) is 2.44. The molecule has 1 rings (SSSR count). The zero-order chi connectivity index (χ0) is 14.3. The summed E-state index contributed by atoms with van der Waals surface area (Å²) in [5.41, 5.74) is 6.78. The van der Waals surface area contributed by atoms with E-state index in [0.29, 0.717) is 5.56 Å². The van der Waals surface area contributed by atoms with Crippen molar-refractivity contribution in [3.8, 4) is 6.07 Å². The molecular formula is C13H15N3O3. The van der Waals surface area contributed by atoms with Gasteiger partial charge in [-0.2, -0.15) is 5.26 Å². The van der Waals surface area contributed by atoms with E-state index in [2.05, 4.69) is 10.1 Å². The molecule has 1 amide bonds. The van der Waals surface area contributed by atoms with E-state index in [1.165, 1.54) is 0 Å². The molecule has 1 atom stereocenters. The predicted molar refractivity (Wildman–Crippen MR) is 67.6 cm³/mol. The Morgan fingerprint density at radius 3 is 2.58 bits per heavy atom. The molecule has 0 saturated heterocycles. The van der Waals surface area contributed by atoms with Gasteiger partial charge in [0.05, 0.1) is 18.2 Å². The van der Waals surface area contributed by atoms with Gasteiger partial charge in [-0.15, -0.1) is 0 Å². The first-order chi connectivity index (χ1) is 9.08. The molecule has 100 valence electrons. The zero-order valence-electron chi connectivity index (χ0n) is 10.6. The molecule has 3 N–H and O–H groups in total. The normalized spacial score (nSPS) is 11.2. The molecule has 0 heterocycles. The minimum absolute atomic E-state index is 0.176. The van der Waals surface area contributed by atoms with Crippen molar-refractivity contribution >= 4 is 11.9 Å². The van der Waals surface area contributed by atoms with Gasteiger partial charge in [0.25, 0.3) is 0 Å². The van der Waals surface area contributed by atoms with Crippen LogP contribution in [0.1, 0.15) is 18.1 Å². The van der Waals surface area contributed by atoms with Crippen LogP contribution in [0.4, 0.5) is 0 Å². The van der Waals surface area contributed by atoms with Gasteiger partial charge >= 0.3 is 5.97 Å². The predicted octanol–water partition coefficient (Wildman–Crippen LogP) is 0.0649. The Labute approximate surface area is 111 Å². The highest BCUT2D eigenvalue weighted by Gasteiger charge is 2.22. The summed E-state index contributed by atoms with van der Waals surface area (Å²) in [6.07, 6.45) is 0. The summed E-state index contributed by atoms with van der Waals surface area (Å²) in [7, 11) is 0. The summed E-state index contributed by atoms with van der Waals surface area (Å²) in [5, 5.41) is 11.2. The third-order valence-corrected chi connectivity index (χ3v) is 2.37. The van der Waals surface area contributed by atoms with Gasteiger partial charge in [-0.1, -0.05) is 12.1 Å². The molecule has 6 heteroatoms. The highest BCUT2D eigenvalue weighted by molar-refractivity contribution is 6.01. The van der Waals surface area contributed by atoms with E-state index in [0.717, 1.165) is 5.56 Å². The maximum absolute atomic E-state index is 11.6. The van der Waals surface area contributed by atoms with E-state index in [1.807, 2.05) is 6.07 Å². The van der Waals surface area contributed by atoms with Gasteiger partial charge in [-0.05, 0) is 24.6 Å². The monoisotopic (exact) mass is 261 g/mol. The largest absolute Gasteiger partial charge is 0.464 e. The maximum atomic E-state index is 11.6. The van der Waals surface area contributed by atoms with E-state index in [1.54, 1.807) is 31.2 Å². The number of nitrogens with two attached hydrogens (primary N) is 1. The van der Waals surface area contributed by atoms with Gasteiger partial charge in [0.1, 0.15) is 0 Å². The fourth-order valence-corrected chi connectivity index (χ4v) is 1.34. The summed E-state index contributed by atoms with van der Waals surface area (Å²) >= 11 is 0. The number of hydrogen-bond donors (Lipinski definition) is 2. The molecule has 1 aromatic rings. The lowest BCUT2D eigenvalue weighted by molar-refractivity contribution is -0.148. The second kappa shape index (κ2) is 7.13. The van der Waals surface area contributed by atoms with Crippen LogP contribution in [0.25, 0.3) is 0 Å². The molecule has 0 aliphatic carbocycles. The summed E-state index contributed by atoms with van der Waals surface area (Å²) in [4.78, 5) is 22.8. The number of ether oxygens (including phenoxy) is 1. The topological polar surface area (TPSA) is 105 Å². The minimum atomic E-state index is -1.32. The molecule has 0 radical (unpaired) electrons. The van der Waals surface area contributed by atoms with Crippen LogP contribution in [0.15, 0.2) is 24.3 Å². The van der Waals surface area contributed by atoms with E-state index in [4.69, 9.17) is 11.0 Å². The second-order valence-electron chi connectivity index (χ2n) is 3.76. The van der Waals surface area contributed by atoms with Crippen molar-refractivity contribution in [1.82, 2.24) is 5.32 Å². The van der Waals surface area contributed by atoms with Gasteiger partial charge in [0, 0.05) is 6.54 Å². The minimum Gasteiger partial charge on any atom is -0.464 e. The quantitative estimate of drug-likeness (QED) is 0.576. The molecule has 1 aromatic carbocycles. The molecule has 0 bridgehead atoms. The second-order valence-corrected chi connectivity index (χ2v) is 3.76. The van der Waals surface area contributed by atoms with Crippen molar-refractivity contribution in [3.05, 3.63) is 35.4 Å². The van der Waals surface area contributed by atoms with Crippen LogP contribution in [0, 0.1) is 11.3 Å². The molecule has 6 nitrogen and oxygen atoms in total. The molecule has 0 spiro atoms. The van der Waals surface area contributed by atoms with Crippen molar-refractivity contribution in [2.45, 2.75) is 19.5 Å². The molecule has 19 heavy (non-hydrogen) atoms. The summed E-state index contributed by atoms with van der Waals surface area (Å²) in [5.74, 6) is -1.34. The van der Waals surface area contributed by atoms with Crippen LogP contribution in [0.5, 0.6) is 0 Å². The number of esters is 1. The molecular weight excluding hydrogens is 246 g/mol. The number of benzene rings is 1. The van der Waals surface area contributed by atoms with Crippen LogP contribution in [-0.2, 0) is 20.9 Å². The summed E-state index contributed by atoms with van der Waals surface area (Å²) in [6.45, 7) is 2.05. The third kappa shape index (κ3) is 4.41. The standard InChI is InChI=1S/C13H15N3O3/c1-2-19-13(18)11(15)12(17)16-8-10-5-3-9(7-14)4-6-10/h3-6,11H,2,8,15H2,1H3,(H,16,17). The van der Waals surface area contributed by atoms with E-state index < -0.39 is 17.9 Å². The maximum Gasteiger partial charge on any atom is 0.332 e. The molecule has 0 fully saturated rings. The third-order valence-electron chi connectivity index (χ3n) is 2.37. The van der Waals surface area contributed by atoms with Crippen LogP contribution < -0.4 is 11.1 Å². The first-order valence-corrected chi connectivity index (χ1v) is 5.77. The SMILES string of the molecule is CCOC(=O)C(N)C(=O)NCc1ccc(C#N)cc1. The Morgan fingerprint density at radius 1 is 1.42 bits per heavy atom. The zero-order valence-corrected chi connectivity index (χ0v) is 10.6. The number of nitrogens with one attached hydrogen (secondary N) is 1. The fourth-order valence-electron chi connectivity index (χ4n) is 1.34. The number of rotatable bonds is 5.